The number of aliphatic hydroxyl groups excluding tert-OH is 1. The van der Waals surface area contributed by atoms with E-state index in [0.717, 1.165) is 38.5 Å². The van der Waals surface area contributed by atoms with Crippen molar-refractivity contribution in [2.24, 2.45) is 5.92 Å². The first kappa shape index (κ1) is 62.9. The van der Waals surface area contributed by atoms with E-state index in [-0.39, 0.29) is 0 Å². The summed E-state index contributed by atoms with van der Waals surface area (Å²) in [6, 6.07) is 0. The van der Waals surface area contributed by atoms with E-state index in [2.05, 4.69) is 6.92 Å². The zero-order valence-corrected chi connectivity index (χ0v) is 43.5. The molecule has 0 saturated heterocycles. The van der Waals surface area contributed by atoms with Gasteiger partial charge in [0.25, 0.3) is 0 Å². The summed E-state index contributed by atoms with van der Waals surface area (Å²) in [5.74, 6) is -2.05. The molecule has 0 spiro atoms. The van der Waals surface area contributed by atoms with Crippen LogP contribution in [0.4, 0.5) is 0 Å². The number of aliphatic hydroxyl groups is 1. The molecule has 0 radical (unpaired) electrons. The van der Waals surface area contributed by atoms with Crippen LogP contribution in [0.5, 0.6) is 0 Å². The summed E-state index contributed by atoms with van der Waals surface area (Å²) in [6.45, 7) is 2.29. The average molecular weight is 906 g/mol. The maximum absolute atomic E-state index is 11.9. The fourth-order valence-corrected chi connectivity index (χ4v) is 10.1. The van der Waals surface area contributed by atoms with E-state index in [4.69, 9.17) is 5.11 Å². The molecule has 64 heavy (non-hydrogen) atoms. The van der Waals surface area contributed by atoms with Crippen molar-refractivity contribution in [1.29, 1.82) is 0 Å². The van der Waals surface area contributed by atoms with Crippen molar-refractivity contribution < 1.29 is 24.9 Å². The van der Waals surface area contributed by atoms with Crippen LogP contribution in [0.3, 0.4) is 0 Å². The van der Waals surface area contributed by atoms with Gasteiger partial charge in [-0.3, -0.25) is 9.59 Å². The van der Waals surface area contributed by atoms with Gasteiger partial charge in [0, 0.05) is 6.42 Å². The van der Waals surface area contributed by atoms with Gasteiger partial charge in [0.05, 0.1) is 12.0 Å². The minimum Gasteiger partial charge on any atom is -0.481 e. The van der Waals surface area contributed by atoms with Crippen molar-refractivity contribution in [2.75, 3.05) is 0 Å². The van der Waals surface area contributed by atoms with Gasteiger partial charge in [0.2, 0.25) is 0 Å². The Hall–Kier alpha value is -1.10. The molecule has 3 N–H and O–H groups in total. The molecule has 0 saturated carbocycles. The Bertz CT molecular complexity index is 906. The molecule has 0 bridgehead atoms. The first-order valence-electron chi connectivity index (χ1n) is 29.6. The first-order chi connectivity index (χ1) is 31.5. The number of carboxylic acids is 2. The molecule has 0 aromatic heterocycles. The van der Waals surface area contributed by atoms with E-state index in [1.54, 1.807) is 0 Å². The van der Waals surface area contributed by atoms with Crippen LogP contribution < -0.4 is 0 Å². The normalized spacial score (nSPS) is 12.6. The van der Waals surface area contributed by atoms with Crippen LogP contribution >= 0.6 is 0 Å². The van der Waals surface area contributed by atoms with Gasteiger partial charge in [-0.1, -0.05) is 328 Å². The predicted molar refractivity (Wildman–Crippen MR) is 280 cm³/mol. The smallest absolute Gasteiger partial charge is 0.309 e. The zero-order valence-electron chi connectivity index (χ0n) is 43.5. The second-order valence-electron chi connectivity index (χ2n) is 20.9. The standard InChI is InChI=1S/C59H116O5/c1-2-3-4-5-6-7-8-9-10-11-12-13-23-26-29-32-35-38-41-44-47-50-53-56(59(63)64)57(60)54-51-48-45-42-39-36-33-30-27-24-21-19-17-15-14-16-18-20-22-25-28-31-34-37-40-43-46-49-52-55-58(61)62/h56-57,60H,2-55H2,1H3,(H,61,62)(H,63,64). The minimum atomic E-state index is -0.807. The van der Waals surface area contributed by atoms with Crippen molar-refractivity contribution in [1.82, 2.24) is 0 Å². The van der Waals surface area contributed by atoms with E-state index >= 15 is 0 Å². The Balaban J connectivity index is 3.37. The lowest BCUT2D eigenvalue weighted by atomic mass is 9.91. The van der Waals surface area contributed by atoms with Crippen molar-refractivity contribution in [3.05, 3.63) is 0 Å². The van der Waals surface area contributed by atoms with Crippen LogP contribution in [0.2, 0.25) is 0 Å². The fraction of sp³-hybridized carbons (Fsp3) is 0.966. The molecule has 382 valence electrons. The highest BCUT2D eigenvalue weighted by Crippen LogP contribution is 2.22. The number of hydrogen-bond donors (Lipinski definition) is 3. The number of aliphatic carboxylic acids is 2. The van der Waals surface area contributed by atoms with Gasteiger partial charge in [0.15, 0.2) is 0 Å². The molecule has 5 heteroatoms. The quantitative estimate of drug-likeness (QED) is 0.0529. The molecule has 2 atom stereocenters. The molecule has 0 aliphatic carbocycles. The second kappa shape index (κ2) is 54.5. The van der Waals surface area contributed by atoms with Crippen molar-refractivity contribution in [3.8, 4) is 0 Å². The molecule has 2 unspecified atom stereocenters. The predicted octanol–water partition coefficient (Wildman–Crippen LogP) is 20.2. The van der Waals surface area contributed by atoms with E-state index in [9.17, 15) is 19.8 Å². The molecule has 0 amide bonds. The van der Waals surface area contributed by atoms with E-state index < -0.39 is 24.0 Å². The van der Waals surface area contributed by atoms with Crippen LogP contribution in [0, 0.1) is 5.92 Å². The Kier molecular flexibility index (Phi) is 53.6. The highest BCUT2D eigenvalue weighted by Gasteiger charge is 2.25. The molecule has 0 heterocycles. The molecule has 0 aromatic rings. The first-order valence-corrected chi connectivity index (χ1v) is 29.6. The Morgan fingerprint density at radius 2 is 0.469 bits per heavy atom. The Labute approximate surface area is 401 Å². The van der Waals surface area contributed by atoms with Crippen molar-refractivity contribution in [2.45, 2.75) is 360 Å². The summed E-state index contributed by atoms with van der Waals surface area (Å²) < 4.78 is 0. The largest absolute Gasteiger partial charge is 0.481 e. The van der Waals surface area contributed by atoms with Crippen molar-refractivity contribution >= 4 is 11.9 Å². The van der Waals surface area contributed by atoms with Crippen LogP contribution in [-0.4, -0.2) is 33.4 Å². The maximum Gasteiger partial charge on any atom is 0.309 e. The molecular weight excluding hydrogens is 789 g/mol. The molecule has 0 aliphatic rings. The lowest BCUT2D eigenvalue weighted by molar-refractivity contribution is -0.146. The SMILES string of the molecule is CCCCCCCCCCCCCCCCCCCCCCCCC(C(=O)O)C(O)CCCCCCCCCCCCCCCCCCCCCCCCCCCCCCCC(=O)O. The lowest BCUT2D eigenvalue weighted by Crippen LogP contribution is -2.28. The van der Waals surface area contributed by atoms with E-state index in [0.29, 0.717) is 19.3 Å². The minimum absolute atomic E-state index is 0.335. The summed E-state index contributed by atoms with van der Waals surface area (Å²) in [7, 11) is 0. The fourth-order valence-electron chi connectivity index (χ4n) is 10.1. The van der Waals surface area contributed by atoms with Gasteiger partial charge in [0.1, 0.15) is 0 Å². The van der Waals surface area contributed by atoms with Gasteiger partial charge in [-0.2, -0.15) is 0 Å². The number of carbonyl (C=O) groups is 2. The van der Waals surface area contributed by atoms with E-state index in [1.165, 1.54) is 289 Å². The molecule has 0 aromatic carbocycles. The van der Waals surface area contributed by atoms with Crippen LogP contribution in [-0.2, 0) is 9.59 Å². The topological polar surface area (TPSA) is 94.8 Å². The number of hydrogen-bond acceptors (Lipinski definition) is 3. The second-order valence-corrected chi connectivity index (χ2v) is 20.9. The third-order valence-corrected chi connectivity index (χ3v) is 14.5. The highest BCUT2D eigenvalue weighted by molar-refractivity contribution is 5.70. The monoisotopic (exact) mass is 905 g/mol. The van der Waals surface area contributed by atoms with Gasteiger partial charge in [-0.05, 0) is 19.3 Å². The highest BCUT2D eigenvalue weighted by atomic mass is 16.4. The van der Waals surface area contributed by atoms with E-state index in [1.807, 2.05) is 0 Å². The Morgan fingerprint density at radius 3 is 0.672 bits per heavy atom. The summed E-state index contributed by atoms with van der Waals surface area (Å²) in [5, 5.41) is 29.1. The van der Waals surface area contributed by atoms with Crippen LogP contribution in [0.1, 0.15) is 354 Å². The molecule has 0 aliphatic heterocycles. The molecule has 0 rings (SSSR count). The van der Waals surface area contributed by atoms with Gasteiger partial charge < -0.3 is 15.3 Å². The number of unbranched alkanes of at least 4 members (excludes halogenated alkanes) is 49. The van der Waals surface area contributed by atoms with Gasteiger partial charge in [-0.25, -0.2) is 0 Å². The van der Waals surface area contributed by atoms with Gasteiger partial charge in [-0.15, -0.1) is 0 Å². The van der Waals surface area contributed by atoms with Crippen molar-refractivity contribution in [3.63, 3.8) is 0 Å². The lowest BCUT2D eigenvalue weighted by Gasteiger charge is -2.19. The maximum atomic E-state index is 11.9. The summed E-state index contributed by atoms with van der Waals surface area (Å²) in [4.78, 5) is 22.4. The third-order valence-electron chi connectivity index (χ3n) is 14.5. The molecular formula is C59H116O5. The zero-order chi connectivity index (χ0) is 46.5. The average Bonchev–Trinajstić information content (AvgIpc) is 3.28. The third kappa shape index (κ3) is 51.9. The Morgan fingerprint density at radius 1 is 0.281 bits per heavy atom. The number of rotatable bonds is 57. The van der Waals surface area contributed by atoms with Crippen LogP contribution in [0.15, 0.2) is 0 Å². The number of carboxylic acid groups (broad SMARTS) is 2. The summed E-state index contributed by atoms with van der Waals surface area (Å²) in [6.07, 6.45) is 69.2. The van der Waals surface area contributed by atoms with Crippen LogP contribution in [0.25, 0.3) is 0 Å². The summed E-state index contributed by atoms with van der Waals surface area (Å²) >= 11 is 0. The van der Waals surface area contributed by atoms with Gasteiger partial charge >= 0.3 is 11.9 Å². The molecule has 0 fully saturated rings. The molecule has 5 nitrogen and oxygen atoms in total. The summed E-state index contributed by atoms with van der Waals surface area (Å²) in [5.41, 5.74) is 0.